The van der Waals surface area contributed by atoms with Crippen molar-refractivity contribution in [3.8, 4) is 11.1 Å². The summed E-state index contributed by atoms with van der Waals surface area (Å²) in [4.78, 5) is 19.4. The Balaban J connectivity index is 1.92. The largest absolute Gasteiger partial charge is 0.345 e. The minimum atomic E-state index is -0.351. The number of carbonyl (C=O) groups excluding carboxylic acids is 1. The number of fused-ring (bicyclic) bond motifs is 2. The molecule has 0 fully saturated rings. The van der Waals surface area contributed by atoms with E-state index < -0.39 is 0 Å². The van der Waals surface area contributed by atoms with E-state index in [0.29, 0.717) is 5.15 Å². The first-order valence-electron chi connectivity index (χ1n) is 7.07. The van der Waals surface area contributed by atoms with Gasteiger partial charge in [-0.15, -0.1) is 0 Å². The molecule has 1 aliphatic rings. The maximum absolute atomic E-state index is 12.0. The Kier molecular flexibility index (Phi) is 2.63. The van der Waals surface area contributed by atoms with Crippen LogP contribution in [-0.2, 0) is 5.54 Å². The quantitative estimate of drug-likeness (QED) is 0.670. The van der Waals surface area contributed by atoms with Gasteiger partial charge in [-0.05, 0) is 49.2 Å². The molecule has 1 aromatic carbocycles. The summed E-state index contributed by atoms with van der Waals surface area (Å²) >= 11 is 5.93. The van der Waals surface area contributed by atoms with Crippen LogP contribution in [0.4, 0.5) is 0 Å². The van der Waals surface area contributed by atoms with Gasteiger partial charge in [0.05, 0.1) is 5.54 Å². The van der Waals surface area contributed by atoms with Gasteiger partial charge >= 0.3 is 0 Å². The number of aromatic nitrogens is 2. The van der Waals surface area contributed by atoms with Crippen molar-refractivity contribution < 1.29 is 4.79 Å². The molecular formula is C17H14ClN3O. The molecule has 0 aliphatic carbocycles. The number of halogens is 1. The summed E-state index contributed by atoms with van der Waals surface area (Å²) in [6, 6.07) is 9.67. The average molecular weight is 312 g/mol. The van der Waals surface area contributed by atoms with E-state index in [1.54, 1.807) is 6.07 Å². The van der Waals surface area contributed by atoms with E-state index >= 15 is 0 Å². The Morgan fingerprint density at radius 2 is 1.95 bits per heavy atom. The van der Waals surface area contributed by atoms with Gasteiger partial charge in [0.1, 0.15) is 10.8 Å². The van der Waals surface area contributed by atoms with Crippen LogP contribution in [-0.4, -0.2) is 15.9 Å². The normalized spacial score (nSPS) is 15.9. The van der Waals surface area contributed by atoms with Crippen LogP contribution in [0.1, 0.15) is 29.8 Å². The van der Waals surface area contributed by atoms with Crippen LogP contribution < -0.4 is 5.32 Å². The number of nitrogens with zero attached hydrogens (tertiary/aromatic N) is 1. The lowest BCUT2D eigenvalue weighted by Crippen LogP contribution is -2.32. The van der Waals surface area contributed by atoms with E-state index in [4.69, 9.17) is 11.6 Å². The number of hydrogen-bond donors (Lipinski definition) is 2. The van der Waals surface area contributed by atoms with E-state index in [-0.39, 0.29) is 11.4 Å². The summed E-state index contributed by atoms with van der Waals surface area (Å²) in [5.74, 6) is -0.0149. The summed E-state index contributed by atoms with van der Waals surface area (Å²) in [5.41, 5.74) is 4.28. The Bertz CT molecular complexity index is 927. The van der Waals surface area contributed by atoms with Crippen LogP contribution in [0.3, 0.4) is 0 Å². The van der Waals surface area contributed by atoms with E-state index in [9.17, 15) is 4.79 Å². The fourth-order valence-electron chi connectivity index (χ4n) is 3.07. The van der Waals surface area contributed by atoms with Crippen molar-refractivity contribution in [1.82, 2.24) is 15.3 Å². The Morgan fingerprint density at radius 3 is 2.77 bits per heavy atom. The van der Waals surface area contributed by atoms with Gasteiger partial charge < -0.3 is 10.3 Å². The van der Waals surface area contributed by atoms with Crippen molar-refractivity contribution >= 4 is 28.5 Å². The molecule has 3 heterocycles. The van der Waals surface area contributed by atoms with Crippen molar-refractivity contribution in [1.29, 1.82) is 0 Å². The van der Waals surface area contributed by atoms with Crippen molar-refractivity contribution in [3.63, 3.8) is 0 Å². The van der Waals surface area contributed by atoms with E-state index in [1.165, 1.54) is 0 Å². The maximum atomic E-state index is 12.0. The second-order valence-electron chi connectivity index (χ2n) is 6.07. The minimum Gasteiger partial charge on any atom is -0.345 e. The first kappa shape index (κ1) is 13.3. The van der Waals surface area contributed by atoms with Gasteiger partial charge in [0.25, 0.3) is 5.91 Å². The van der Waals surface area contributed by atoms with Crippen LogP contribution >= 0.6 is 11.6 Å². The molecule has 2 aromatic heterocycles. The smallest absolute Gasteiger partial charge is 0.252 e. The standard InChI is InChI=1S/C17H14ClN3O/c1-17(2)13-7-9(3-4-11(13)16(22)21-17)12-8-19-15-10(12)5-6-14(18)20-15/h3-8H,1-2H3,(H,19,20)(H,21,22). The Labute approximate surface area is 132 Å². The number of benzene rings is 1. The molecule has 2 N–H and O–H groups in total. The molecule has 0 saturated carbocycles. The van der Waals surface area contributed by atoms with Gasteiger partial charge in [-0.25, -0.2) is 4.98 Å². The molecule has 5 heteroatoms. The van der Waals surface area contributed by atoms with Crippen LogP contribution in [0.5, 0.6) is 0 Å². The number of nitrogens with one attached hydrogen (secondary N) is 2. The van der Waals surface area contributed by atoms with Crippen molar-refractivity contribution in [2.45, 2.75) is 19.4 Å². The summed E-state index contributed by atoms with van der Waals surface area (Å²) in [7, 11) is 0. The van der Waals surface area contributed by atoms with Gasteiger partial charge in [0.2, 0.25) is 0 Å². The van der Waals surface area contributed by atoms with Crippen molar-refractivity contribution in [2.24, 2.45) is 0 Å². The summed E-state index contributed by atoms with van der Waals surface area (Å²) < 4.78 is 0. The lowest BCUT2D eigenvalue weighted by molar-refractivity contribution is 0.0940. The Hall–Kier alpha value is -2.33. The number of aromatic amines is 1. The molecule has 0 radical (unpaired) electrons. The summed E-state index contributed by atoms with van der Waals surface area (Å²) in [6.45, 7) is 4.02. The molecule has 110 valence electrons. The highest BCUT2D eigenvalue weighted by atomic mass is 35.5. The van der Waals surface area contributed by atoms with E-state index in [2.05, 4.69) is 21.4 Å². The topological polar surface area (TPSA) is 57.8 Å². The number of H-pyrrole nitrogens is 1. The molecule has 0 atom stereocenters. The third-order valence-corrected chi connectivity index (χ3v) is 4.39. The third kappa shape index (κ3) is 1.84. The van der Waals surface area contributed by atoms with E-state index in [0.717, 1.165) is 33.3 Å². The second-order valence-corrected chi connectivity index (χ2v) is 6.46. The fourth-order valence-corrected chi connectivity index (χ4v) is 3.21. The number of hydrogen-bond acceptors (Lipinski definition) is 2. The molecule has 3 aromatic rings. The van der Waals surface area contributed by atoms with Gasteiger partial charge in [0.15, 0.2) is 0 Å². The molecule has 0 bridgehead atoms. The van der Waals surface area contributed by atoms with Gasteiger partial charge in [-0.1, -0.05) is 17.7 Å². The van der Waals surface area contributed by atoms with Crippen LogP contribution in [0.25, 0.3) is 22.2 Å². The highest BCUT2D eigenvalue weighted by Crippen LogP contribution is 2.36. The highest BCUT2D eigenvalue weighted by Gasteiger charge is 2.35. The predicted octanol–water partition coefficient (Wildman–Crippen LogP) is 3.86. The molecule has 0 saturated heterocycles. The first-order valence-corrected chi connectivity index (χ1v) is 7.44. The lowest BCUT2D eigenvalue weighted by atomic mass is 9.91. The summed E-state index contributed by atoms with van der Waals surface area (Å²) in [5, 5.41) is 4.48. The molecular weight excluding hydrogens is 298 g/mol. The predicted molar refractivity (Wildman–Crippen MR) is 87.0 cm³/mol. The number of rotatable bonds is 1. The Morgan fingerprint density at radius 1 is 1.14 bits per heavy atom. The van der Waals surface area contributed by atoms with E-state index in [1.807, 2.05) is 38.2 Å². The van der Waals surface area contributed by atoms with Gasteiger partial charge in [0, 0.05) is 22.7 Å². The molecule has 1 amide bonds. The zero-order chi connectivity index (χ0) is 15.5. The zero-order valence-corrected chi connectivity index (χ0v) is 13.0. The van der Waals surface area contributed by atoms with Crippen LogP contribution in [0, 0.1) is 0 Å². The monoisotopic (exact) mass is 311 g/mol. The van der Waals surface area contributed by atoms with Gasteiger partial charge in [-0.3, -0.25) is 4.79 Å². The van der Waals surface area contributed by atoms with Gasteiger partial charge in [-0.2, -0.15) is 0 Å². The van der Waals surface area contributed by atoms with Crippen molar-refractivity contribution in [3.05, 3.63) is 52.8 Å². The lowest BCUT2D eigenvalue weighted by Gasteiger charge is -2.19. The number of amides is 1. The van der Waals surface area contributed by atoms with Crippen molar-refractivity contribution in [2.75, 3.05) is 0 Å². The third-order valence-electron chi connectivity index (χ3n) is 4.18. The molecule has 22 heavy (non-hydrogen) atoms. The minimum absolute atomic E-state index is 0.0149. The maximum Gasteiger partial charge on any atom is 0.252 e. The molecule has 0 spiro atoms. The molecule has 4 rings (SSSR count). The molecule has 0 unspecified atom stereocenters. The SMILES string of the molecule is CC1(C)NC(=O)c2ccc(-c3c[nH]c4nc(Cl)ccc34)cc21. The molecule has 1 aliphatic heterocycles. The summed E-state index contributed by atoms with van der Waals surface area (Å²) in [6.07, 6.45) is 1.92. The number of pyridine rings is 1. The number of carbonyl (C=O) groups is 1. The average Bonchev–Trinajstić information content (AvgIpc) is 2.97. The molecule has 4 nitrogen and oxygen atoms in total. The van der Waals surface area contributed by atoms with Crippen LogP contribution in [0.2, 0.25) is 5.15 Å². The fraction of sp³-hybridized carbons (Fsp3) is 0.176. The van der Waals surface area contributed by atoms with Crippen LogP contribution in [0.15, 0.2) is 36.5 Å². The highest BCUT2D eigenvalue weighted by molar-refractivity contribution is 6.29. The second kappa shape index (κ2) is 4.34. The first-order chi connectivity index (χ1) is 10.5. The zero-order valence-electron chi connectivity index (χ0n) is 12.2.